The van der Waals surface area contributed by atoms with Crippen LogP contribution >= 0.6 is 0 Å². The molecule has 2 heterocycles. The van der Waals surface area contributed by atoms with Gasteiger partial charge in [0.2, 0.25) is 10.0 Å². The van der Waals surface area contributed by atoms with Crippen LogP contribution in [0.1, 0.15) is 35.4 Å². The molecule has 0 saturated carbocycles. The van der Waals surface area contributed by atoms with Crippen molar-refractivity contribution < 1.29 is 31.1 Å². The lowest BCUT2D eigenvalue weighted by Crippen LogP contribution is -2.67. The van der Waals surface area contributed by atoms with Gasteiger partial charge in [0.1, 0.15) is 5.82 Å². The minimum atomic E-state index is -4.85. The standard InChI is InChI=1S/C29H30F4N2O3S/c1-19-7-2-3-10-26(19)39(37,38)34-15-4-5-16-35-24(17-34)27(25(35)18-36)21-13-11-20(12-14-21)22-8-6-9-23(30)28(22)29(31,32)33/h2-3,6-14,24-25,27,36H,4-5,15-18H2,1H3/t24-,25?,27-/m0/s1. The molecule has 0 aromatic heterocycles. The monoisotopic (exact) mass is 562 g/mol. The fourth-order valence-electron chi connectivity index (χ4n) is 6.05. The highest BCUT2D eigenvalue weighted by Gasteiger charge is 2.50. The Labute approximate surface area is 225 Å². The van der Waals surface area contributed by atoms with Crippen molar-refractivity contribution in [3.63, 3.8) is 0 Å². The summed E-state index contributed by atoms with van der Waals surface area (Å²) in [6, 6.07) is 16.2. The van der Waals surface area contributed by atoms with Crippen molar-refractivity contribution in [1.82, 2.24) is 9.21 Å². The number of hydrogen-bond acceptors (Lipinski definition) is 4. The van der Waals surface area contributed by atoms with Crippen LogP contribution in [0.15, 0.2) is 71.6 Å². The van der Waals surface area contributed by atoms with Gasteiger partial charge < -0.3 is 5.11 Å². The maximum absolute atomic E-state index is 14.1. The zero-order valence-corrected chi connectivity index (χ0v) is 22.2. The number of sulfonamides is 1. The Morgan fingerprint density at radius 2 is 1.64 bits per heavy atom. The Hall–Kier alpha value is -2.79. The molecule has 2 saturated heterocycles. The van der Waals surface area contributed by atoms with E-state index in [0.717, 1.165) is 24.6 Å². The van der Waals surface area contributed by atoms with E-state index in [-0.39, 0.29) is 47.2 Å². The Bertz CT molecular complexity index is 1440. The smallest absolute Gasteiger partial charge is 0.395 e. The van der Waals surface area contributed by atoms with E-state index in [1.54, 1.807) is 43.3 Å². The van der Waals surface area contributed by atoms with E-state index in [1.165, 1.54) is 28.6 Å². The van der Waals surface area contributed by atoms with E-state index in [2.05, 4.69) is 4.90 Å². The van der Waals surface area contributed by atoms with Gasteiger partial charge in [0.15, 0.2) is 0 Å². The fourth-order valence-corrected chi connectivity index (χ4v) is 7.77. The fraction of sp³-hybridized carbons (Fsp3) is 0.379. The number of rotatable bonds is 5. The van der Waals surface area contributed by atoms with Crippen molar-refractivity contribution in [2.75, 3.05) is 26.2 Å². The third kappa shape index (κ3) is 5.11. The maximum Gasteiger partial charge on any atom is 0.419 e. The van der Waals surface area contributed by atoms with Crippen LogP contribution in [0.4, 0.5) is 17.6 Å². The van der Waals surface area contributed by atoms with E-state index >= 15 is 0 Å². The number of halogens is 4. The zero-order valence-electron chi connectivity index (χ0n) is 21.4. The molecular formula is C29H30F4N2O3S. The van der Waals surface area contributed by atoms with Crippen molar-refractivity contribution in [3.8, 4) is 11.1 Å². The largest absolute Gasteiger partial charge is 0.419 e. The first-order valence-electron chi connectivity index (χ1n) is 12.9. The first kappa shape index (κ1) is 27.8. The Morgan fingerprint density at radius 1 is 0.949 bits per heavy atom. The molecule has 1 N–H and O–H groups in total. The van der Waals surface area contributed by atoms with Crippen LogP contribution < -0.4 is 0 Å². The molecule has 2 fully saturated rings. The number of aliphatic hydroxyl groups excluding tert-OH is 1. The van der Waals surface area contributed by atoms with Gasteiger partial charge in [0.25, 0.3) is 0 Å². The Morgan fingerprint density at radius 3 is 2.31 bits per heavy atom. The van der Waals surface area contributed by atoms with E-state index in [4.69, 9.17) is 0 Å². The highest BCUT2D eigenvalue weighted by Crippen LogP contribution is 2.44. The van der Waals surface area contributed by atoms with Crippen molar-refractivity contribution in [1.29, 1.82) is 0 Å². The van der Waals surface area contributed by atoms with Gasteiger partial charge in [-0.15, -0.1) is 0 Å². The van der Waals surface area contributed by atoms with E-state index < -0.39 is 27.6 Å². The molecule has 0 bridgehead atoms. The van der Waals surface area contributed by atoms with Crippen molar-refractivity contribution in [2.24, 2.45) is 0 Å². The molecule has 5 rings (SSSR count). The molecule has 208 valence electrons. The molecule has 0 radical (unpaired) electrons. The molecular weight excluding hydrogens is 532 g/mol. The zero-order chi connectivity index (χ0) is 27.9. The first-order valence-corrected chi connectivity index (χ1v) is 14.4. The lowest BCUT2D eigenvalue weighted by molar-refractivity contribution is -0.139. The summed E-state index contributed by atoms with van der Waals surface area (Å²) in [6.45, 7) is 2.98. The topological polar surface area (TPSA) is 60.9 Å². The summed E-state index contributed by atoms with van der Waals surface area (Å²) < 4.78 is 83.6. The summed E-state index contributed by atoms with van der Waals surface area (Å²) >= 11 is 0. The Kier molecular flexibility index (Phi) is 7.58. The minimum absolute atomic E-state index is 0.129. The number of nitrogens with zero attached hydrogens (tertiary/aromatic N) is 2. The van der Waals surface area contributed by atoms with Crippen molar-refractivity contribution in [3.05, 3.63) is 89.2 Å². The molecule has 39 heavy (non-hydrogen) atoms. The third-order valence-corrected chi connectivity index (χ3v) is 9.97. The summed E-state index contributed by atoms with van der Waals surface area (Å²) in [5.74, 6) is -1.55. The van der Waals surface area contributed by atoms with Gasteiger partial charge in [-0.3, -0.25) is 4.90 Å². The van der Waals surface area contributed by atoms with Gasteiger partial charge in [-0.1, -0.05) is 54.6 Å². The number of aryl methyl sites for hydroxylation is 1. The van der Waals surface area contributed by atoms with Gasteiger partial charge in [-0.2, -0.15) is 17.5 Å². The molecule has 3 aromatic rings. The van der Waals surface area contributed by atoms with Crippen LogP contribution in [-0.2, 0) is 16.2 Å². The lowest BCUT2D eigenvalue weighted by Gasteiger charge is -2.57. The van der Waals surface area contributed by atoms with Gasteiger partial charge >= 0.3 is 6.18 Å². The van der Waals surface area contributed by atoms with Crippen LogP contribution in [-0.4, -0.2) is 61.1 Å². The van der Waals surface area contributed by atoms with E-state index in [0.29, 0.717) is 18.5 Å². The average molecular weight is 563 g/mol. The molecule has 5 nitrogen and oxygen atoms in total. The highest BCUT2D eigenvalue weighted by atomic mass is 32.2. The maximum atomic E-state index is 14.1. The molecule has 0 spiro atoms. The van der Waals surface area contributed by atoms with Crippen LogP contribution in [0.25, 0.3) is 11.1 Å². The average Bonchev–Trinajstić information content (AvgIpc) is 2.87. The number of alkyl halides is 3. The van der Waals surface area contributed by atoms with Gasteiger partial charge in [-0.05, 0) is 60.7 Å². The molecule has 10 heteroatoms. The number of fused-ring (bicyclic) bond motifs is 1. The lowest BCUT2D eigenvalue weighted by atomic mass is 9.74. The van der Waals surface area contributed by atoms with Gasteiger partial charge in [-0.25, -0.2) is 12.8 Å². The summed E-state index contributed by atoms with van der Waals surface area (Å²) in [4.78, 5) is 2.40. The SMILES string of the molecule is Cc1ccccc1S(=O)(=O)N1CCCCN2C(CO)[C@@H](c3ccc(-c4cccc(F)c4C(F)(F)F)cc3)[C@@H]2C1. The number of aliphatic hydroxyl groups is 1. The molecule has 3 atom stereocenters. The second-order valence-corrected chi connectivity index (χ2v) is 12.1. The van der Waals surface area contributed by atoms with Crippen LogP contribution in [0.5, 0.6) is 0 Å². The summed E-state index contributed by atoms with van der Waals surface area (Å²) in [5.41, 5.74) is 0.129. The predicted octanol–water partition coefficient (Wildman–Crippen LogP) is 5.43. The molecule has 2 aliphatic rings. The molecule has 2 aliphatic heterocycles. The normalized spacial score (nSPS) is 23.0. The highest BCUT2D eigenvalue weighted by molar-refractivity contribution is 7.89. The van der Waals surface area contributed by atoms with E-state index in [9.17, 15) is 31.1 Å². The second-order valence-electron chi connectivity index (χ2n) is 10.2. The minimum Gasteiger partial charge on any atom is -0.395 e. The molecule has 0 aliphatic carbocycles. The summed E-state index contributed by atoms with van der Waals surface area (Å²) in [6.07, 6.45) is -3.38. The van der Waals surface area contributed by atoms with Crippen LogP contribution in [0.3, 0.4) is 0 Å². The second kappa shape index (κ2) is 10.6. The quantitative estimate of drug-likeness (QED) is 0.421. The predicted molar refractivity (Wildman–Crippen MR) is 140 cm³/mol. The Balaban J connectivity index is 1.46. The molecule has 1 unspecified atom stereocenters. The number of benzene rings is 3. The third-order valence-electron chi connectivity index (χ3n) is 7.95. The van der Waals surface area contributed by atoms with Crippen LogP contribution in [0, 0.1) is 12.7 Å². The summed E-state index contributed by atoms with van der Waals surface area (Å²) in [5, 5.41) is 10.2. The van der Waals surface area contributed by atoms with Gasteiger partial charge in [0.05, 0.1) is 17.1 Å². The number of hydrogen-bond donors (Lipinski definition) is 1. The summed E-state index contributed by atoms with van der Waals surface area (Å²) in [7, 11) is -3.75. The van der Waals surface area contributed by atoms with E-state index in [1.807, 2.05) is 0 Å². The van der Waals surface area contributed by atoms with Gasteiger partial charge in [0, 0.05) is 31.1 Å². The molecule has 0 amide bonds. The van der Waals surface area contributed by atoms with Crippen LogP contribution in [0.2, 0.25) is 0 Å². The van der Waals surface area contributed by atoms with Crippen molar-refractivity contribution in [2.45, 2.75) is 48.8 Å². The first-order chi connectivity index (χ1) is 18.5. The molecule has 3 aromatic carbocycles. The van der Waals surface area contributed by atoms with Crippen molar-refractivity contribution >= 4 is 10.0 Å².